The van der Waals surface area contributed by atoms with E-state index in [1.807, 2.05) is 27.7 Å². The van der Waals surface area contributed by atoms with Crippen molar-refractivity contribution in [1.82, 2.24) is 14.9 Å². The van der Waals surface area contributed by atoms with Gasteiger partial charge in [-0.15, -0.1) is 0 Å². The number of piperidine rings is 1. The first kappa shape index (κ1) is 22.6. The average Bonchev–Trinajstić information content (AvgIpc) is 2.88. The van der Waals surface area contributed by atoms with Crippen molar-refractivity contribution in [3.8, 4) is 0 Å². The molecule has 0 bridgehead atoms. The van der Waals surface area contributed by atoms with Crippen LogP contribution < -0.4 is 11.2 Å². The van der Waals surface area contributed by atoms with Crippen LogP contribution in [0, 0.1) is 5.92 Å². The summed E-state index contributed by atoms with van der Waals surface area (Å²) in [5, 5.41) is -0.132. The quantitative estimate of drug-likeness (QED) is 0.501. The highest BCUT2D eigenvalue weighted by atomic mass is 32.2. The monoisotopic (exact) mass is 424 g/mol. The molecule has 3 rings (SSSR count). The number of aromatic nitrogens is 2. The highest BCUT2D eigenvalue weighted by Crippen LogP contribution is 2.36. The third-order valence-corrected chi connectivity index (χ3v) is 7.84. The van der Waals surface area contributed by atoms with E-state index in [0.717, 1.165) is 32.5 Å². The Hall–Kier alpha value is -1.07. The maximum absolute atomic E-state index is 12.7. The van der Waals surface area contributed by atoms with E-state index in [9.17, 15) is 8.42 Å². The summed E-state index contributed by atoms with van der Waals surface area (Å²) >= 11 is 0. The number of sulfone groups is 1. The van der Waals surface area contributed by atoms with Crippen LogP contribution in [0.2, 0.25) is 0 Å². The molecular formula is C19H33BN4O4S. The number of likely N-dealkylation sites (tertiary alicyclic amines) is 1. The number of hydrogen-bond donors (Lipinski definition) is 1. The second kappa shape index (κ2) is 8.59. The van der Waals surface area contributed by atoms with E-state index in [0.29, 0.717) is 24.3 Å². The Labute approximate surface area is 174 Å². The average molecular weight is 424 g/mol. The lowest BCUT2D eigenvalue weighted by Crippen LogP contribution is -2.41. The number of rotatable bonds is 7. The van der Waals surface area contributed by atoms with Gasteiger partial charge in [-0.25, -0.2) is 18.4 Å². The predicted molar refractivity (Wildman–Crippen MR) is 113 cm³/mol. The molecule has 8 nitrogen and oxygen atoms in total. The normalized spacial score (nSPS) is 24.7. The van der Waals surface area contributed by atoms with Crippen LogP contribution in [0.5, 0.6) is 0 Å². The zero-order chi connectivity index (χ0) is 21.3. The third kappa shape index (κ3) is 5.17. The molecule has 2 fully saturated rings. The number of hydrogen-bond acceptors (Lipinski definition) is 8. The first-order valence-corrected chi connectivity index (χ1v) is 12.0. The van der Waals surface area contributed by atoms with Gasteiger partial charge in [-0.2, -0.15) is 0 Å². The minimum atomic E-state index is -3.52. The molecule has 29 heavy (non-hydrogen) atoms. The zero-order valence-electron chi connectivity index (χ0n) is 17.9. The van der Waals surface area contributed by atoms with Crippen molar-refractivity contribution in [2.75, 3.05) is 31.9 Å². The van der Waals surface area contributed by atoms with Gasteiger partial charge >= 0.3 is 7.12 Å². The molecule has 3 heterocycles. The van der Waals surface area contributed by atoms with Crippen molar-refractivity contribution in [2.24, 2.45) is 11.7 Å². The van der Waals surface area contributed by atoms with Crippen molar-refractivity contribution >= 4 is 22.4 Å². The van der Waals surface area contributed by atoms with Crippen LogP contribution >= 0.6 is 0 Å². The molecule has 1 atom stereocenters. The Morgan fingerprint density at radius 3 is 2.41 bits per heavy atom. The lowest BCUT2D eigenvalue weighted by Gasteiger charge is -2.32. The molecule has 2 aliphatic heterocycles. The second-order valence-corrected chi connectivity index (χ2v) is 11.1. The van der Waals surface area contributed by atoms with E-state index >= 15 is 0 Å². The zero-order valence-corrected chi connectivity index (χ0v) is 18.7. The highest BCUT2D eigenvalue weighted by Gasteiger charge is 2.52. The summed E-state index contributed by atoms with van der Waals surface area (Å²) in [4.78, 5) is 10.5. The van der Waals surface area contributed by atoms with Gasteiger partial charge in [0.1, 0.15) is 0 Å². The van der Waals surface area contributed by atoms with Crippen LogP contribution in [-0.4, -0.2) is 73.5 Å². The summed E-state index contributed by atoms with van der Waals surface area (Å²) < 4.78 is 37.3. The van der Waals surface area contributed by atoms with E-state index in [4.69, 9.17) is 15.0 Å². The molecule has 0 saturated carbocycles. The summed E-state index contributed by atoms with van der Waals surface area (Å²) in [5.74, 6) is 0.429. The van der Waals surface area contributed by atoms with Gasteiger partial charge in [0.2, 0.25) is 15.0 Å². The van der Waals surface area contributed by atoms with Crippen LogP contribution in [0.25, 0.3) is 0 Å². The van der Waals surface area contributed by atoms with Gasteiger partial charge in [0.15, 0.2) is 0 Å². The first-order valence-electron chi connectivity index (χ1n) is 10.4. The van der Waals surface area contributed by atoms with Crippen LogP contribution in [0.4, 0.5) is 0 Å². The fourth-order valence-electron chi connectivity index (χ4n) is 3.77. The molecule has 0 amide bonds. The van der Waals surface area contributed by atoms with Crippen LogP contribution in [0.15, 0.2) is 17.6 Å². The molecule has 10 heteroatoms. The highest BCUT2D eigenvalue weighted by molar-refractivity contribution is 7.91. The molecule has 1 unspecified atom stereocenters. The molecule has 2 aliphatic rings. The minimum absolute atomic E-state index is 0.0595. The number of nitrogens with two attached hydrogens (primary N) is 1. The van der Waals surface area contributed by atoms with Gasteiger partial charge < -0.3 is 19.9 Å². The van der Waals surface area contributed by atoms with Crippen molar-refractivity contribution in [2.45, 2.75) is 63.3 Å². The van der Waals surface area contributed by atoms with E-state index in [-0.39, 0.29) is 10.9 Å². The minimum Gasteiger partial charge on any atom is -0.399 e. The van der Waals surface area contributed by atoms with Gasteiger partial charge in [-0.3, -0.25) is 0 Å². The third-order valence-electron chi connectivity index (χ3n) is 6.29. The maximum Gasteiger partial charge on any atom is 0.498 e. The van der Waals surface area contributed by atoms with Crippen LogP contribution in [0.1, 0.15) is 47.0 Å². The number of nitrogens with zero attached hydrogens (tertiary/aromatic N) is 3. The van der Waals surface area contributed by atoms with Crippen molar-refractivity contribution < 1.29 is 17.7 Å². The fourth-order valence-corrected chi connectivity index (χ4v) is 5.03. The standard InChI is InChI=1S/C19H33BN4O4S/c1-18(2)19(3,4)28-20(27-18)16-12-22-17(23-13-16)29(25,26)11-7-15-6-5-9-24(14-15)10-8-21/h12-13,15H,5-11,14,21H2,1-4H3. The van der Waals surface area contributed by atoms with Crippen molar-refractivity contribution in [3.05, 3.63) is 12.4 Å². The summed E-state index contributed by atoms with van der Waals surface area (Å²) in [6.07, 6.45) is 5.74. The SMILES string of the molecule is CC1(C)OB(c2cnc(S(=O)(=O)CCC3CCCN(CCN)C3)nc2)OC1(C)C. The molecule has 0 radical (unpaired) electrons. The molecule has 0 spiro atoms. The Morgan fingerprint density at radius 2 is 1.83 bits per heavy atom. The Kier molecular flexibility index (Phi) is 6.70. The van der Waals surface area contributed by atoms with E-state index in [1.165, 1.54) is 12.4 Å². The lowest BCUT2D eigenvalue weighted by molar-refractivity contribution is 0.00578. The molecule has 1 aromatic heterocycles. The largest absolute Gasteiger partial charge is 0.498 e. The lowest BCUT2D eigenvalue weighted by atomic mass is 9.81. The van der Waals surface area contributed by atoms with Gasteiger partial charge in [0.05, 0.1) is 17.0 Å². The fraction of sp³-hybridized carbons (Fsp3) is 0.789. The van der Waals surface area contributed by atoms with Crippen LogP contribution in [-0.2, 0) is 19.1 Å². The Bertz CT molecular complexity index is 783. The second-order valence-electron chi connectivity index (χ2n) is 9.09. The molecule has 0 aromatic carbocycles. The summed E-state index contributed by atoms with van der Waals surface area (Å²) in [7, 11) is -4.13. The van der Waals surface area contributed by atoms with E-state index < -0.39 is 28.2 Å². The predicted octanol–water partition coefficient (Wildman–Crippen LogP) is 0.610. The first-order chi connectivity index (χ1) is 13.5. The smallest absolute Gasteiger partial charge is 0.399 e. The van der Waals surface area contributed by atoms with E-state index in [2.05, 4.69) is 14.9 Å². The summed E-state index contributed by atoms with van der Waals surface area (Å²) in [5.41, 5.74) is 5.31. The maximum atomic E-state index is 12.7. The molecular weight excluding hydrogens is 391 g/mol. The van der Waals surface area contributed by atoms with Crippen molar-refractivity contribution in [1.29, 1.82) is 0 Å². The van der Waals surface area contributed by atoms with Gasteiger partial charge in [-0.1, -0.05) is 0 Å². The van der Waals surface area contributed by atoms with E-state index in [1.54, 1.807) is 0 Å². The molecule has 1 aromatic rings. The van der Waals surface area contributed by atoms with Gasteiger partial charge in [-0.05, 0) is 59.4 Å². The molecule has 2 saturated heterocycles. The Morgan fingerprint density at radius 1 is 1.21 bits per heavy atom. The van der Waals surface area contributed by atoms with Crippen LogP contribution in [0.3, 0.4) is 0 Å². The molecule has 162 valence electrons. The summed E-state index contributed by atoms with van der Waals surface area (Å²) in [6.45, 7) is 11.3. The topological polar surface area (TPSA) is 108 Å². The summed E-state index contributed by atoms with van der Waals surface area (Å²) in [6, 6.07) is 0. The molecule has 2 N–H and O–H groups in total. The van der Waals surface area contributed by atoms with Gasteiger partial charge in [0, 0.05) is 37.5 Å². The Balaban J connectivity index is 1.60. The molecule has 0 aliphatic carbocycles. The van der Waals surface area contributed by atoms with Gasteiger partial charge in [0.25, 0.3) is 0 Å². The van der Waals surface area contributed by atoms with Crippen molar-refractivity contribution in [3.63, 3.8) is 0 Å².